The minimum atomic E-state index is -0.336. The van der Waals surface area contributed by atoms with Gasteiger partial charge in [-0.2, -0.15) is 0 Å². The van der Waals surface area contributed by atoms with Crippen LogP contribution in [0.5, 0.6) is 0 Å². The lowest BCUT2D eigenvalue weighted by Crippen LogP contribution is -2.45. The molecule has 1 aromatic heterocycles. The lowest BCUT2D eigenvalue weighted by atomic mass is 10.1. The van der Waals surface area contributed by atoms with Crippen molar-refractivity contribution < 1.29 is 9.59 Å². The number of pyridine rings is 1. The molecular weight excluding hydrogens is 438 g/mol. The van der Waals surface area contributed by atoms with E-state index in [1.165, 1.54) is 0 Å². The summed E-state index contributed by atoms with van der Waals surface area (Å²) in [6.07, 6.45) is 1.61. The van der Waals surface area contributed by atoms with Gasteiger partial charge >= 0.3 is 0 Å². The van der Waals surface area contributed by atoms with Gasteiger partial charge in [0, 0.05) is 39.3 Å². The Kier molecular flexibility index (Phi) is 8.69. The molecule has 2 amide bonds. The largest absolute Gasteiger partial charge is 0.353 e. The van der Waals surface area contributed by atoms with E-state index in [0.717, 1.165) is 26.2 Å². The number of nitrogens with zero attached hydrogens (tertiary/aromatic N) is 3. The molecule has 33 heavy (non-hydrogen) atoms. The molecule has 2 heterocycles. The third kappa shape index (κ3) is 6.68. The van der Waals surface area contributed by atoms with Gasteiger partial charge in [-0.05, 0) is 30.0 Å². The summed E-state index contributed by atoms with van der Waals surface area (Å²) in [5.74, 6) is 0.941. The molecule has 0 unspecified atom stereocenters. The van der Waals surface area contributed by atoms with Crippen molar-refractivity contribution in [3.8, 4) is 0 Å². The Morgan fingerprint density at radius 2 is 1.73 bits per heavy atom. The van der Waals surface area contributed by atoms with Crippen LogP contribution in [0.1, 0.15) is 48.4 Å². The number of piperazine rings is 1. The molecule has 7 nitrogen and oxygen atoms in total. The second kappa shape index (κ2) is 11.5. The third-order valence-electron chi connectivity index (χ3n) is 5.35. The Bertz CT molecular complexity index is 963. The molecule has 3 rings (SSSR count). The lowest BCUT2D eigenvalue weighted by molar-refractivity contribution is 0.0715. The van der Waals surface area contributed by atoms with Crippen LogP contribution in [0, 0.1) is 11.8 Å². The van der Waals surface area contributed by atoms with Crippen LogP contribution in [0.15, 0.2) is 36.5 Å². The first-order valence-corrected chi connectivity index (χ1v) is 11.9. The second-order valence-electron chi connectivity index (χ2n) is 9.26. The van der Waals surface area contributed by atoms with Gasteiger partial charge in [0.15, 0.2) is 0 Å². The van der Waals surface area contributed by atoms with Gasteiger partial charge in [-0.3, -0.25) is 9.59 Å². The van der Waals surface area contributed by atoms with E-state index in [1.54, 1.807) is 36.5 Å². The monoisotopic (exact) mass is 471 g/mol. The summed E-state index contributed by atoms with van der Waals surface area (Å²) in [6.45, 7) is 13.0. The molecule has 8 heteroatoms. The van der Waals surface area contributed by atoms with Gasteiger partial charge in [-0.1, -0.05) is 51.4 Å². The van der Waals surface area contributed by atoms with Crippen molar-refractivity contribution in [2.45, 2.75) is 27.7 Å². The van der Waals surface area contributed by atoms with Crippen molar-refractivity contribution in [2.75, 3.05) is 49.5 Å². The molecular formula is C25H34ClN5O2. The number of rotatable bonds is 8. The number of nitrogens with one attached hydrogen (secondary N) is 2. The van der Waals surface area contributed by atoms with Gasteiger partial charge in [-0.15, -0.1) is 0 Å². The Balaban J connectivity index is 1.96. The van der Waals surface area contributed by atoms with E-state index >= 15 is 0 Å². The van der Waals surface area contributed by atoms with Gasteiger partial charge < -0.3 is 20.4 Å². The minimum absolute atomic E-state index is 0.0627. The fourth-order valence-electron chi connectivity index (χ4n) is 3.95. The first-order chi connectivity index (χ1) is 15.8. The van der Waals surface area contributed by atoms with Crippen LogP contribution in [0.3, 0.4) is 0 Å². The molecule has 0 radical (unpaired) electrons. The van der Waals surface area contributed by atoms with Gasteiger partial charge in [-0.25, -0.2) is 4.98 Å². The quantitative estimate of drug-likeness (QED) is 0.604. The van der Waals surface area contributed by atoms with E-state index in [4.69, 9.17) is 11.6 Å². The molecule has 178 valence electrons. The summed E-state index contributed by atoms with van der Waals surface area (Å²) in [6, 6.07) is 8.62. The Morgan fingerprint density at radius 3 is 2.33 bits per heavy atom. The summed E-state index contributed by atoms with van der Waals surface area (Å²) >= 11 is 6.18. The number of hydrogen-bond donors (Lipinski definition) is 2. The number of amides is 2. The SMILES string of the molecule is CC(C)CN(CC(C)C)C(=O)c1cc(NC(=O)c2ccccc2Cl)cnc1N1CCNCC1. The molecule has 0 aliphatic carbocycles. The van der Waals surface area contributed by atoms with Crippen LogP contribution in [0.4, 0.5) is 11.5 Å². The smallest absolute Gasteiger partial charge is 0.257 e. The maximum Gasteiger partial charge on any atom is 0.257 e. The normalized spacial score (nSPS) is 14.0. The molecule has 2 N–H and O–H groups in total. The number of carbonyl (C=O) groups is 2. The predicted molar refractivity (Wildman–Crippen MR) is 134 cm³/mol. The summed E-state index contributed by atoms with van der Waals surface area (Å²) in [4.78, 5) is 35.2. The average molecular weight is 472 g/mol. The summed E-state index contributed by atoms with van der Waals surface area (Å²) < 4.78 is 0. The number of aromatic nitrogens is 1. The number of carbonyl (C=O) groups excluding carboxylic acids is 2. The van der Waals surface area contributed by atoms with Crippen molar-refractivity contribution in [3.05, 3.63) is 52.7 Å². The van der Waals surface area contributed by atoms with E-state index in [2.05, 4.69) is 48.2 Å². The molecule has 1 saturated heterocycles. The average Bonchev–Trinajstić information content (AvgIpc) is 2.78. The topological polar surface area (TPSA) is 77.6 Å². The fraction of sp³-hybridized carbons (Fsp3) is 0.480. The van der Waals surface area contributed by atoms with Crippen LogP contribution in [-0.2, 0) is 0 Å². The number of halogens is 1. The fourth-order valence-corrected chi connectivity index (χ4v) is 4.17. The maximum absolute atomic E-state index is 13.8. The van der Waals surface area contributed by atoms with Crippen LogP contribution in [0.25, 0.3) is 0 Å². The highest BCUT2D eigenvalue weighted by Crippen LogP contribution is 2.25. The van der Waals surface area contributed by atoms with E-state index in [1.807, 2.05) is 4.90 Å². The zero-order valence-corrected chi connectivity index (χ0v) is 20.7. The van der Waals surface area contributed by atoms with Gasteiger partial charge in [0.25, 0.3) is 11.8 Å². The Labute approximate surface area is 201 Å². The number of benzene rings is 1. The summed E-state index contributed by atoms with van der Waals surface area (Å²) in [5.41, 5.74) is 1.35. The van der Waals surface area contributed by atoms with E-state index in [9.17, 15) is 9.59 Å². The van der Waals surface area contributed by atoms with Gasteiger partial charge in [0.05, 0.1) is 28.0 Å². The first kappa shape index (κ1) is 25.0. The Hall–Kier alpha value is -2.64. The van der Waals surface area contributed by atoms with E-state index < -0.39 is 0 Å². The lowest BCUT2D eigenvalue weighted by Gasteiger charge is -2.32. The second-order valence-corrected chi connectivity index (χ2v) is 9.67. The Morgan fingerprint density at radius 1 is 1.09 bits per heavy atom. The van der Waals surface area contributed by atoms with Crippen LogP contribution >= 0.6 is 11.6 Å². The van der Waals surface area contributed by atoms with Crippen molar-refractivity contribution in [1.82, 2.24) is 15.2 Å². The van der Waals surface area contributed by atoms with Crippen molar-refractivity contribution in [2.24, 2.45) is 11.8 Å². The standard InChI is InChI=1S/C25H34ClN5O2/c1-17(2)15-31(16-18(3)4)25(33)21-13-19(14-28-23(21)30-11-9-27-10-12-30)29-24(32)20-7-5-6-8-22(20)26/h5-8,13-14,17-18,27H,9-12,15-16H2,1-4H3,(H,29,32). The molecule has 2 aromatic rings. The molecule has 0 atom stereocenters. The van der Waals surface area contributed by atoms with Crippen molar-refractivity contribution >= 4 is 34.9 Å². The third-order valence-corrected chi connectivity index (χ3v) is 5.68. The summed E-state index contributed by atoms with van der Waals surface area (Å²) in [7, 11) is 0. The van der Waals surface area contributed by atoms with Crippen molar-refractivity contribution in [3.63, 3.8) is 0 Å². The molecule has 1 fully saturated rings. The zero-order chi connectivity index (χ0) is 24.0. The molecule has 0 saturated carbocycles. The minimum Gasteiger partial charge on any atom is -0.353 e. The van der Waals surface area contributed by atoms with E-state index in [0.29, 0.717) is 52.6 Å². The number of hydrogen-bond acceptors (Lipinski definition) is 5. The number of anilines is 2. The van der Waals surface area contributed by atoms with Crippen LogP contribution in [-0.4, -0.2) is 61.0 Å². The predicted octanol–water partition coefficient (Wildman–Crippen LogP) is 4.15. The molecule has 0 spiro atoms. The van der Waals surface area contributed by atoms with Crippen LogP contribution in [0.2, 0.25) is 5.02 Å². The molecule has 0 bridgehead atoms. The molecule has 1 aliphatic heterocycles. The van der Waals surface area contributed by atoms with E-state index in [-0.39, 0.29) is 11.8 Å². The highest BCUT2D eigenvalue weighted by atomic mass is 35.5. The van der Waals surface area contributed by atoms with Crippen LogP contribution < -0.4 is 15.5 Å². The van der Waals surface area contributed by atoms with Crippen molar-refractivity contribution in [1.29, 1.82) is 0 Å². The summed E-state index contributed by atoms with van der Waals surface area (Å²) in [5, 5.41) is 6.56. The van der Waals surface area contributed by atoms with Gasteiger partial charge in [0.1, 0.15) is 5.82 Å². The first-order valence-electron chi connectivity index (χ1n) is 11.6. The zero-order valence-electron chi connectivity index (χ0n) is 19.9. The highest BCUT2D eigenvalue weighted by molar-refractivity contribution is 6.34. The highest BCUT2D eigenvalue weighted by Gasteiger charge is 2.26. The maximum atomic E-state index is 13.8. The molecule has 1 aliphatic rings. The van der Waals surface area contributed by atoms with Gasteiger partial charge in [0.2, 0.25) is 0 Å². The molecule has 1 aromatic carbocycles.